The van der Waals surface area contributed by atoms with Crippen LogP contribution in [-0.4, -0.2) is 78.7 Å². The Bertz CT molecular complexity index is 1280. The zero-order valence-electron chi connectivity index (χ0n) is 20.3. The molecule has 1 atom stereocenters. The fourth-order valence-electron chi connectivity index (χ4n) is 5.41. The van der Waals surface area contributed by atoms with Crippen LogP contribution in [0.15, 0.2) is 30.5 Å². The summed E-state index contributed by atoms with van der Waals surface area (Å²) in [4.78, 5) is 19.1. The second kappa shape index (κ2) is 9.94. The van der Waals surface area contributed by atoms with Crippen molar-refractivity contribution >= 4 is 22.6 Å². The topological polar surface area (TPSA) is 90.1 Å². The Balaban J connectivity index is 1.57. The Labute approximate surface area is 207 Å². The molecule has 10 heteroatoms. The molecule has 5 rings (SSSR count). The van der Waals surface area contributed by atoms with Crippen LogP contribution in [0.3, 0.4) is 0 Å². The first-order valence-corrected chi connectivity index (χ1v) is 12.0. The highest BCUT2D eigenvalue weighted by Gasteiger charge is 2.34. The van der Waals surface area contributed by atoms with Crippen molar-refractivity contribution in [2.75, 3.05) is 51.8 Å². The van der Waals surface area contributed by atoms with Crippen LogP contribution in [0.25, 0.3) is 10.9 Å². The van der Waals surface area contributed by atoms with Gasteiger partial charge in [-0.25, -0.2) is 13.6 Å². The van der Waals surface area contributed by atoms with E-state index in [0.717, 1.165) is 33.3 Å². The third-order valence-corrected chi connectivity index (χ3v) is 7.09. The van der Waals surface area contributed by atoms with E-state index in [1.54, 1.807) is 24.1 Å². The van der Waals surface area contributed by atoms with Gasteiger partial charge >= 0.3 is 5.97 Å². The average Bonchev–Trinajstić information content (AvgIpc) is 3.36. The molecule has 3 heterocycles. The third-order valence-electron chi connectivity index (χ3n) is 7.09. The predicted molar refractivity (Wildman–Crippen MR) is 133 cm³/mol. The molecule has 0 saturated carbocycles. The number of halogens is 2. The monoisotopic (exact) mass is 500 g/mol. The summed E-state index contributed by atoms with van der Waals surface area (Å²) in [5, 5.41) is 13.9. The largest absolute Gasteiger partial charge is 0.496 e. The number of carbonyl (C=O) groups is 1. The molecule has 2 aliphatic heterocycles. The van der Waals surface area contributed by atoms with Crippen molar-refractivity contribution in [1.82, 2.24) is 14.8 Å². The number of aromatic carboxylic acids is 1. The highest BCUT2D eigenvalue weighted by molar-refractivity contribution is 5.96. The lowest BCUT2D eigenvalue weighted by atomic mass is 9.95. The summed E-state index contributed by atoms with van der Waals surface area (Å²) in [6.07, 6.45) is -0.533. The van der Waals surface area contributed by atoms with E-state index < -0.39 is 12.4 Å². The van der Waals surface area contributed by atoms with Gasteiger partial charge in [-0.1, -0.05) is 6.07 Å². The van der Waals surface area contributed by atoms with Crippen LogP contribution in [0.5, 0.6) is 11.5 Å². The number of nitrogens with one attached hydrogen (secondary N) is 2. The van der Waals surface area contributed by atoms with Gasteiger partial charge in [0, 0.05) is 61.0 Å². The normalized spacial score (nSPS) is 18.6. The fourth-order valence-corrected chi connectivity index (χ4v) is 5.41. The van der Waals surface area contributed by atoms with Crippen LogP contribution >= 0.6 is 0 Å². The number of carboxylic acids is 1. The van der Waals surface area contributed by atoms with Crippen LogP contribution in [0.2, 0.25) is 0 Å². The number of benzene rings is 2. The molecule has 8 nitrogen and oxygen atoms in total. The maximum absolute atomic E-state index is 13.3. The third kappa shape index (κ3) is 4.46. The van der Waals surface area contributed by atoms with E-state index in [2.05, 4.69) is 15.2 Å². The van der Waals surface area contributed by atoms with E-state index in [4.69, 9.17) is 9.47 Å². The van der Waals surface area contributed by atoms with E-state index >= 15 is 0 Å². The minimum Gasteiger partial charge on any atom is -0.496 e. The minimum atomic E-state index is -2.44. The molecule has 0 unspecified atom stereocenters. The number of aryl methyl sites for hydroxylation is 1. The SMILES string of the molecule is COc1cc(C)c2[nH]ccc2c1CN1CCN(CC(F)F)C[C@@H]1c1ccc(C(=O)O)c2c1OCCN2. The van der Waals surface area contributed by atoms with Gasteiger partial charge in [-0.2, -0.15) is 0 Å². The number of carboxylic acid groups (broad SMARTS) is 1. The molecule has 1 aromatic heterocycles. The Kier molecular flexibility index (Phi) is 6.72. The number of fused-ring (bicyclic) bond motifs is 2. The summed E-state index contributed by atoms with van der Waals surface area (Å²) < 4.78 is 38.3. The quantitative estimate of drug-likeness (QED) is 0.450. The highest BCUT2D eigenvalue weighted by atomic mass is 19.3. The molecule has 1 fully saturated rings. The van der Waals surface area contributed by atoms with E-state index in [0.29, 0.717) is 50.8 Å². The second-order valence-corrected chi connectivity index (χ2v) is 9.26. The second-order valence-electron chi connectivity index (χ2n) is 9.26. The Hall–Kier alpha value is -3.37. The molecule has 3 N–H and O–H groups in total. The number of piperazine rings is 1. The van der Waals surface area contributed by atoms with E-state index in [-0.39, 0.29) is 18.2 Å². The van der Waals surface area contributed by atoms with Gasteiger partial charge in [0.1, 0.15) is 18.1 Å². The lowest BCUT2D eigenvalue weighted by molar-refractivity contribution is 0.0237. The molecule has 36 heavy (non-hydrogen) atoms. The van der Waals surface area contributed by atoms with Gasteiger partial charge in [0.25, 0.3) is 6.43 Å². The Morgan fingerprint density at radius 1 is 1.31 bits per heavy atom. The summed E-state index contributed by atoms with van der Waals surface area (Å²) in [5.41, 5.74) is 4.49. The number of hydrogen-bond donors (Lipinski definition) is 3. The van der Waals surface area contributed by atoms with Crippen molar-refractivity contribution in [1.29, 1.82) is 0 Å². The van der Waals surface area contributed by atoms with Crippen LogP contribution in [0, 0.1) is 6.92 Å². The van der Waals surface area contributed by atoms with E-state index in [9.17, 15) is 18.7 Å². The van der Waals surface area contributed by atoms with Crippen LogP contribution < -0.4 is 14.8 Å². The number of hydrogen-bond acceptors (Lipinski definition) is 6. The molecular formula is C26H30F2N4O4. The molecule has 0 radical (unpaired) electrons. The number of aromatic nitrogens is 1. The lowest BCUT2D eigenvalue weighted by Crippen LogP contribution is -2.49. The molecular weight excluding hydrogens is 470 g/mol. The number of anilines is 1. The molecule has 0 spiro atoms. The lowest BCUT2D eigenvalue weighted by Gasteiger charge is -2.42. The van der Waals surface area contributed by atoms with Gasteiger partial charge in [-0.05, 0) is 30.7 Å². The summed E-state index contributed by atoms with van der Waals surface area (Å²) >= 11 is 0. The maximum Gasteiger partial charge on any atom is 0.337 e. The number of aromatic amines is 1. The van der Waals surface area contributed by atoms with Crippen LogP contribution in [0.1, 0.15) is 33.1 Å². The minimum absolute atomic E-state index is 0.134. The summed E-state index contributed by atoms with van der Waals surface area (Å²) in [6, 6.07) is 7.08. The maximum atomic E-state index is 13.3. The van der Waals surface area contributed by atoms with Gasteiger partial charge in [0.05, 0.1) is 30.9 Å². The summed E-state index contributed by atoms with van der Waals surface area (Å²) in [7, 11) is 1.65. The smallest absolute Gasteiger partial charge is 0.337 e. The molecule has 2 aromatic carbocycles. The van der Waals surface area contributed by atoms with Crippen molar-refractivity contribution in [2.24, 2.45) is 0 Å². The highest BCUT2D eigenvalue weighted by Crippen LogP contribution is 2.42. The first kappa shape index (κ1) is 24.3. The predicted octanol–water partition coefficient (Wildman–Crippen LogP) is 4.11. The molecule has 0 bridgehead atoms. The fraction of sp³-hybridized carbons (Fsp3) is 0.423. The molecule has 0 aliphatic carbocycles. The zero-order chi connectivity index (χ0) is 25.4. The molecule has 192 valence electrons. The standard InChI is InChI=1S/C26H30F2N4O4/c1-15-11-21(35-2)19(16-5-6-29-23(15)16)12-32-9-8-31(14-22(27)28)13-20(32)17-3-4-18(26(33)34)24-25(17)36-10-7-30-24/h3-6,11,20,22,29-30H,7-10,12-14H2,1-2H3,(H,33,34)/t20-/m1/s1. The number of nitrogens with zero attached hydrogens (tertiary/aromatic N) is 2. The van der Waals surface area contributed by atoms with Crippen molar-refractivity contribution in [3.05, 3.63) is 52.7 Å². The molecule has 3 aromatic rings. The van der Waals surface area contributed by atoms with Crippen molar-refractivity contribution in [2.45, 2.75) is 25.9 Å². The van der Waals surface area contributed by atoms with E-state index in [1.165, 1.54) is 0 Å². The van der Waals surface area contributed by atoms with E-state index in [1.807, 2.05) is 25.3 Å². The molecule has 2 aliphatic rings. The Morgan fingerprint density at radius 2 is 2.14 bits per heavy atom. The molecule has 0 amide bonds. The average molecular weight is 501 g/mol. The first-order chi connectivity index (χ1) is 17.4. The van der Waals surface area contributed by atoms with Crippen molar-refractivity contribution in [3.63, 3.8) is 0 Å². The number of ether oxygens (including phenoxy) is 2. The zero-order valence-corrected chi connectivity index (χ0v) is 20.3. The molecule has 1 saturated heterocycles. The van der Waals surface area contributed by atoms with Crippen molar-refractivity contribution < 1.29 is 28.2 Å². The van der Waals surface area contributed by atoms with Gasteiger partial charge in [0.15, 0.2) is 0 Å². The van der Waals surface area contributed by atoms with Crippen molar-refractivity contribution in [3.8, 4) is 11.5 Å². The number of alkyl halides is 2. The van der Waals surface area contributed by atoms with Gasteiger partial charge in [0.2, 0.25) is 0 Å². The number of H-pyrrole nitrogens is 1. The number of rotatable bonds is 7. The van der Waals surface area contributed by atoms with Gasteiger partial charge < -0.3 is 24.9 Å². The number of methoxy groups -OCH3 is 1. The Morgan fingerprint density at radius 3 is 2.89 bits per heavy atom. The summed E-state index contributed by atoms with van der Waals surface area (Å²) in [6.45, 7) is 4.57. The summed E-state index contributed by atoms with van der Waals surface area (Å²) in [5.74, 6) is 0.210. The first-order valence-electron chi connectivity index (χ1n) is 12.0. The van der Waals surface area contributed by atoms with Gasteiger partial charge in [-0.3, -0.25) is 9.80 Å². The van der Waals surface area contributed by atoms with Crippen LogP contribution in [0.4, 0.5) is 14.5 Å². The van der Waals surface area contributed by atoms with Gasteiger partial charge in [-0.15, -0.1) is 0 Å². The van der Waals surface area contributed by atoms with Crippen LogP contribution in [-0.2, 0) is 6.54 Å².